The molecular weight excluding hydrogens is 300 g/mol. The molecule has 0 aliphatic heterocycles. The fourth-order valence-corrected chi connectivity index (χ4v) is 3.37. The van der Waals surface area contributed by atoms with E-state index in [4.69, 9.17) is 0 Å². The Bertz CT molecular complexity index is 820. The van der Waals surface area contributed by atoms with E-state index in [1.54, 1.807) is 12.3 Å². The summed E-state index contributed by atoms with van der Waals surface area (Å²) in [6, 6.07) is 14.0. The molecule has 0 fully saturated rings. The van der Waals surface area contributed by atoms with Gasteiger partial charge in [0.05, 0.1) is 18.8 Å². The highest BCUT2D eigenvalue weighted by atomic mass is 16.1. The van der Waals surface area contributed by atoms with Gasteiger partial charge < -0.3 is 10.3 Å². The van der Waals surface area contributed by atoms with Gasteiger partial charge in [0.25, 0.3) is 5.91 Å². The van der Waals surface area contributed by atoms with E-state index in [0.29, 0.717) is 5.69 Å². The van der Waals surface area contributed by atoms with Gasteiger partial charge in [-0.1, -0.05) is 30.3 Å². The first-order valence-electron chi connectivity index (χ1n) is 8.34. The highest BCUT2D eigenvalue weighted by Gasteiger charge is 2.26. The topological polar surface area (TPSA) is 62.7 Å². The Kier molecular flexibility index (Phi) is 3.91. The smallest absolute Gasteiger partial charge is 0.268 e. The summed E-state index contributed by atoms with van der Waals surface area (Å²) in [4.78, 5) is 15.3. The average molecular weight is 320 g/mol. The van der Waals surface area contributed by atoms with Crippen LogP contribution in [0.2, 0.25) is 0 Å². The summed E-state index contributed by atoms with van der Waals surface area (Å²) < 4.78 is 2.07. The molecule has 5 heteroatoms. The van der Waals surface area contributed by atoms with E-state index in [1.165, 1.54) is 11.3 Å². The number of benzene rings is 1. The maximum absolute atomic E-state index is 12.3. The Labute approximate surface area is 140 Å². The molecule has 1 atom stereocenters. The molecule has 0 unspecified atom stereocenters. The molecule has 2 aromatic heterocycles. The van der Waals surface area contributed by atoms with E-state index in [9.17, 15) is 4.79 Å². The van der Waals surface area contributed by atoms with E-state index in [2.05, 4.69) is 32.2 Å². The minimum absolute atomic E-state index is 0.0362. The Balaban J connectivity index is 1.54. The second kappa shape index (κ2) is 6.35. The third-order valence-corrected chi connectivity index (χ3v) is 4.59. The Morgan fingerprint density at radius 2 is 2.12 bits per heavy atom. The molecule has 0 saturated carbocycles. The van der Waals surface area contributed by atoms with E-state index >= 15 is 0 Å². The summed E-state index contributed by atoms with van der Waals surface area (Å²) in [5, 5.41) is 7.70. The molecule has 2 heterocycles. The maximum atomic E-state index is 12.3. The van der Waals surface area contributed by atoms with Crippen LogP contribution in [0, 0.1) is 0 Å². The quantitative estimate of drug-likeness (QED) is 0.776. The lowest BCUT2D eigenvalue weighted by molar-refractivity contribution is 0.0928. The number of carbonyl (C=O) groups is 1. The van der Waals surface area contributed by atoms with Crippen LogP contribution in [0.3, 0.4) is 0 Å². The summed E-state index contributed by atoms with van der Waals surface area (Å²) in [5.74, 6) is -0.0614. The van der Waals surface area contributed by atoms with Crippen LogP contribution in [0.1, 0.15) is 46.2 Å². The second-order valence-electron chi connectivity index (χ2n) is 6.19. The van der Waals surface area contributed by atoms with Crippen LogP contribution in [-0.2, 0) is 13.0 Å². The van der Waals surface area contributed by atoms with Gasteiger partial charge in [0.2, 0.25) is 0 Å². The number of aromatic nitrogens is 3. The van der Waals surface area contributed by atoms with Crippen LogP contribution in [0.4, 0.5) is 0 Å². The van der Waals surface area contributed by atoms with Crippen LogP contribution in [0.25, 0.3) is 0 Å². The molecule has 0 radical (unpaired) electrons. The summed E-state index contributed by atoms with van der Waals surface area (Å²) in [6.07, 6.45) is 6.70. The van der Waals surface area contributed by atoms with Crippen molar-refractivity contribution in [3.8, 4) is 0 Å². The number of rotatable bonds is 4. The molecular formula is C19H20N4O. The lowest BCUT2D eigenvalue weighted by atomic mass is 9.92. The predicted molar refractivity (Wildman–Crippen MR) is 91.7 cm³/mol. The zero-order valence-corrected chi connectivity index (χ0v) is 13.4. The number of hydrogen-bond donors (Lipinski definition) is 2. The average Bonchev–Trinajstić information content (AvgIpc) is 3.27. The minimum atomic E-state index is -0.0614. The van der Waals surface area contributed by atoms with E-state index in [0.717, 1.165) is 31.4 Å². The number of carbonyl (C=O) groups excluding carboxylic acids is 1. The van der Waals surface area contributed by atoms with Crippen molar-refractivity contribution in [2.45, 2.75) is 31.8 Å². The van der Waals surface area contributed by atoms with Gasteiger partial charge in [0, 0.05) is 17.5 Å². The van der Waals surface area contributed by atoms with Crippen LogP contribution in [-0.4, -0.2) is 20.7 Å². The van der Waals surface area contributed by atoms with Crippen molar-refractivity contribution in [1.82, 2.24) is 20.1 Å². The van der Waals surface area contributed by atoms with E-state index < -0.39 is 0 Å². The standard InChI is InChI=1S/C19H20N4O/c24-19(17-9-5-11-20-17)22-16-8-4-10-18-15(16)12-21-23(18)13-14-6-2-1-3-7-14/h1-3,5-7,9,11-12,16,20H,4,8,10,13H2,(H,22,24)/t16-/m0/s1. The predicted octanol–water partition coefficient (Wildman–Crippen LogP) is 3.07. The Morgan fingerprint density at radius 1 is 1.25 bits per heavy atom. The molecule has 1 amide bonds. The maximum Gasteiger partial charge on any atom is 0.268 e. The van der Waals surface area contributed by atoms with E-state index in [-0.39, 0.29) is 11.9 Å². The molecule has 1 aromatic carbocycles. The van der Waals surface area contributed by atoms with Crippen LogP contribution in [0.5, 0.6) is 0 Å². The monoisotopic (exact) mass is 320 g/mol. The van der Waals surface area contributed by atoms with Crippen molar-refractivity contribution < 1.29 is 4.79 Å². The number of fused-ring (bicyclic) bond motifs is 1. The molecule has 1 aliphatic carbocycles. The highest BCUT2D eigenvalue weighted by Crippen LogP contribution is 2.30. The molecule has 3 aromatic rings. The van der Waals surface area contributed by atoms with Crippen molar-refractivity contribution in [3.05, 3.63) is 77.4 Å². The van der Waals surface area contributed by atoms with Crippen molar-refractivity contribution >= 4 is 5.91 Å². The van der Waals surface area contributed by atoms with Gasteiger partial charge in [-0.3, -0.25) is 9.48 Å². The number of H-pyrrole nitrogens is 1. The molecule has 0 bridgehead atoms. The SMILES string of the molecule is O=C(N[C@H]1CCCc2c1cnn2Cc1ccccc1)c1ccc[nH]1. The van der Waals surface area contributed by atoms with Crippen LogP contribution < -0.4 is 5.32 Å². The van der Waals surface area contributed by atoms with E-state index in [1.807, 2.05) is 30.5 Å². The third-order valence-electron chi connectivity index (χ3n) is 4.59. The van der Waals surface area contributed by atoms with Gasteiger partial charge in [-0.2, -0.15) is 5.10 Å². The summed E-state index contributed by atoms with van der Waals surface area (Å²) >= 11 is 0. The van der Waals surface area contributed by atoms with Gasteiger partial charge >= 0.3 is 0 Å². The lowest BCUT2D eigenvalue weighted by Crippen LogP contribution is -2.31. The molecule has 1 aliphatic rings. The minimum Gasteiger partial charge on any atom is -0.357 e. The lowest BCUT2D eigenvalue weighted by Gasteiger charge is -2.24. The zero-order valence-electron chi connectivity index (χ0n) is 13.4. The molecule has 24 heavy (non-hydrogen) atoms. The number of nitrogens with one attached hydrogen (secondary N) is 2. The van der Waals surface area contributed by atoms with Gasteiger partial charge in [-0.15, -0.1) is 0 Å². The molecule has 0 saturated heterocycles. The van der Waals surface area contributed by atoms with Gasteiger partial charge in [0.15, 0.2) is 0 Å². The summed E-state index contributed by atoms with van der Waals surface area (Å²) in [7, 11) is 0. The fraction of sp³-hybridized carbons (Fsp3) is 0.263. The first-order chi connectivity index (χ1) is 11.8. The molecule has 0 spiro atoms. The number of aromatic amines is 1. The first-order valence-corrected chi connectivity index (χ1v) is 8.34. The molecule has 4 rings (SSSR count). The highest BCUT2D eigenvalue weighted by molar-refractivity contribution is 5.92. The number of hydrogen-bond acceptors (Lipinski definition) is 2. The van der Waals surface area contributed by atoms with Gasteiger partial charge in [-0.25, -0.2) is 0 Å². The number of amides is 1. The zero-order chi connectivity index (χ0) is 16.4. The second-order valence-corrected chi connectivity index (χ2v) is 6.19. The third kappa shape index (κ3) is 2.85. The first kappa shape index (κ1) is 14.8. The fourth-order valence-electron chi connectivity index (χ4n) is 3.37. The molecule has 5 nitrogen and oxygen atoms in total. The van der Waals surface area contributed by atoms with Crippen molar-refractivity contribution in [2.24, 2.45) is 0 Å². The van der Waals surface area contributed by atoms with Crippen molar-refractivity contribution in [3.63, 3.8) is 0 Å². The largest absolute Gasteiger partial charge is 0.357 e. The molecule has 2 N–H and O–H groups in total. The van der Waals surface area contributed by atoms with Crippen molar-refractivity contribution in [2.75, 3.05) is 0 Å². The van der Waals surface area contributed by atoms with Gasteiger partial charge in [0.1, 0.15) is 5.69 Å². The van der Waals surface area contributed by atoms with Crippen LogP contribution >= 0.6 is 0 Å². The van der Waals surface area contributed by atoms with Gasteiger partial charge in [-0.05, 0) is 37.0 Å². The van der Waals surface area contributed by atoms with Crippen molar-refractivity contribution in [1.29, 1.82) is 0 Å². The molecule has 122 valence electrons. The van der Waals surface area contributed by atoms with Crippen LogP contribution in [0.15, 0.2) is 54.9 Å². The normalized spacial score (nSPS) is 16.6. The Morgan fingerprint density at radius 3 is 2.92 bits per heavy atom. The number of nitrogens with zero attached hydrogens (tertiary/aromatic N) is 2. The summed E-state index contributed by atoms with van der Waals surface area (Å²) in [5.41, 5.74) is 4.22. The Hall–Kier alpha value is -2.82. The summed E-state index contributed by atoms with van der Waals surface area (Å²) in [6.45, 7) is 0.771.